The van der Waals surface area contributed by atoms with Gasteiger partial charge in [-0.25, -0.2) is 9.59 Å². The molecule has 2 heterocycles. The standard InChI is InChI=1S/C28H35N3O9S2/c1-27(2,3)39-20-13-21(25(34)40-28(4,5)6)42-24(20)29-23(33)19-11-17(12-22(32)41)14-30(19)26(35)38-15-16-7-9-18(10-8-16)31(36)37/h7-10,13,17,19H,11-12,14-15H2,1-6H3,(H,29,33)(H,32,41). The van der Waals surface area contributed by atoms with Crippen LogP contribution in [0.2, 0.25) is 0 Å². The smallest absolute Gasteiger partial charge is 0.410 e. The molecule has 0 aliphatic carbocycles. The van der Waals surface area contributed by atoms with E-state index in [1.165, 1.54) is 35.2 Å². The lowest BCUT2D eigenvalue weighted by molar-refractivity contribution is -0.384. The summed E-state index contributed by atoms with van der Waals surface area (Å²) in [6, 6.07) is 6.06. The van der Waals surface area contributed by atoms with E-state index in [1.54, 1.807) is 20.8 Å². The van der Waals surface area contributed by atoms with Gasteiger partial charge in [-0.15, -0.1) is 24.0 Å². The molecule has 1 aliphatic heterocycles. The van der Waals surface area contributed by atoms with Gasteiger partial charge in [0.1, 0.15) is 33.7 Å². The first kappa shape index (κ1) is 32.9. The Kier molecular flexibility index (Phi) is 10.3. The summed E-state index contributed by atoms with van der Waals surface area (Å²) in [4.78, 5) is 62.9. The number of nitrogens with one attached hydrogen (secondary N) is 1. The number of hydrogen-bond acceptors (Lipinski definition) is 10. The maximum Gasteiger partial charge on any atom is 0.410 e. The second-order valence-corrected chi connectivity index (χ2v) is 13.4. The minimum absolute atomic E-state index is 0.0548. The Morgan fingerprint density at radius 1 is 1.10 bits per heavy atom. The van der Waals surface area contributed by atoms with Crippen molar-refractivity contribution in [1.82, 2.24) is 4.90 Å². The van der Waals surface area contributed by atoms with Crippen LogP contribution in [-0.2, 0) is 25.7 Å². The van der Waals surface area contributed by atoms with E-state index < -0.39 is 40.1 Å². The summed E-state index contributed by atoms with van der Waals surface area (Å²) < 4.78 is 16.9. The first-order valence-corrected chi connectivity index (χ1v) is 14.4. The Morgan fingerprint density at radius 3 is 2.29 bits per heavy atom. The molecule has 3 rings (SSSR count). The lowest BCUT2D eigenvalue weighted by atomic mass is 10.0. The minimum Gasteiger partial charge on any atom is -0.485 e. The number of nitro benzene ring substituents is 1. The highest BCUT2D eigenvalue weighted by Crippen LogP contribution is 2.39. The second-order valence-electron chi connectivity index (χ2n) is 11.9. The molecule has 1 aromatic heterocycles. The number of amides is 2. The van der Waals surface area contributed by atoms with Crippen LogP contribution in [-0.4, -0.2) is 56.7 Å². The average Bonchev–Trinajstić information content (AvgIpc) is 3.44. The van der Waals surface area contributed by atoms with E-state index in [0.29, 0.717) is 5.56 Å². The molecule has 0 spiro atoms. The predicted octanol–water partition coefficient (Wildman–Crippen LogP) is 5.60. The maximum absolute atomic E-state index is 13.6. The Morgan fingerprint density at radius 2 is 1.74 bits per heavy atom. The third-order valence-electron chi connectivity index (χ3n) is 5.85. The number of likely N-dealkylation sites (tertiary alicyclic amines) is 1. The van der Waals surface area contributed by atoms with Crippen LogP contribution < -0.4 is 10.1 Å². The number of non-ortho nitro benzene ring substituents is 1. The summed E-state index contributed by atoms with van der Waals surface area (Å²) in [6.07, 6.45) is -0.543. The summed E-state index contributed by atoms with van der Waals surface area (Å²) in [6.45, 7) is 10.6. The lowest BCUT2D eigenvalue weighted by Gasteiger charge is -2.24. The molecule has 14 heteroatoms. The molecule has 1 fully saturated rings. The summed E-state index contributed by atoms with van der Waals surface area (Å²) in [7, 11) is 0. The van der Waals surface area contributed by atoms with Gasteiger partial charge in [0.2, 0.25) is 5.91 Å². The number of thiophene rings is 1. The van der Waals surface area contributed by atoms with Crippen molar-refractivity contribution in [3.63, 3.8) is 0 Å². The third kappa shape index (κ3) is 9.44. The number of carbonyl (C=O) groups excluding carboxylic acids is 4. The summed E-state index contributed by atoms with van der Waals surface area (Å²) in [5, 5.41) is 13.6. The molecule has 12 nitrogen and oxygen atoms in total. The zero-order valence-electron chi connectivity index (χ0n) is 24.3. The number of nitro groups is 1. The molecular weight excluding hydrogens is 586 g/mol. The van der Waals surface area contributed by atoms with Gasteiger partial charge in [0.15, 0.2) is 10.9 Å². The molecule has 0 bridgehead atoms. The molecule has 1 aromatic carbocycles. The largest absolute Gasteiger partial charge is 0.485 e. The van der Waals surface area contributed by atoms with Crippen molar-refractivity contribution in [2.45, 2.75) is 78.2 Å². The molecule has 2 atom stereocenters. The number of hydrogen-bond donors (Lipinski definition) is 2. The Labute approximate surface area is 253 Å². The monoisotopic (exact) mass is 621 g/mol. The lowest BCUT2D eigenvalue weighted by Crippen LogP contribution is -2.43. The fraction of sp³-hybridized carbons (Fsp3) is 0.500. The van der Waals surface area contributed by atoms with Crippen molar-refractivity contribution in [1.29, 1.82) is 0 Å². The third-order valence-corrected chi connectivity index (χ3v) is 7.04. The van der Waals surface area contributed by atoms with Crippen molar-refractivity contribution in [3.05, 3.63) is 50.9 Å². The number of anilines is 1. The fourth-order valence-corrected chi connectivity index (χ4v) is 5.32. The summed E-state index contributed by atoms with van der Waals surface area (Å²) in [5.74, 6) is -1.18. The molecular formula is C28H35N3O9S2. The molecule has 1 saturated heterocycles. The number of thiol groups is 1. The van der Waals surface area contributed by atoms with E-state index in [9.17, 15) is 29.3 Å². The van der Waals surface area contributed by atoms with Crippen molar-refractivity contribution in [2.75, 3.05) is 11.9 Å². The number of benzene rings is 1. The molecule has 228 valence electrons. The SMILES string of the molecule is CC(C)(C)OC(=O)c1cc(OC(C)(C)C)c(NC(=O)C2CC(CC(=O)S)CN2C(=O)OCc2ccc([N+](=O)[O-])cc2)s1. The van der Waals surface area contributed by atoms with E-state index in [2.05, 4.69) is 17.9 Å². The second kappa shape index (κ2) is 13.1. The molecule has 0 radical (unpaired) electrons. The van der Waals surface area contributed by atoms with Gasteiger partial charge < -0.3 is 19.5 Å². The van der Waals surface area contributed by atoms with E-state index >= 15 is 0 Å². The van der Waals surface area contributed by atoms with Crippen LogP contribution in [0.1, 0.15) is 69.6 Å². The highest BCUT2D eigenvalue weighted by Gasteiger charge is 2.41. The van der Waals surface area contributed by atoms with Crippen molar-refractivity contribution in [3.8, 4) is 5.75 Å². The number of esters is 1. The quantitative estimate of drug-likeness (QED) is 0.158. The van der Waals surface area contributed by atoms with Gasteiger partial charge in [-0.1, -0.05) is 0 Å². The molecule has 2 amide bonds. The number of carbonyl (C=O) groups is 4. The molecule has 2 unspecified atom stereocenters. The van der Waals surface area contributed by atoms with Crippen LogP contribution in [0.25, 0.3) is 0 Å². The Balaban J connectivity index is 1.81. The average molecular weight is 622 g/mol. The van der Waals surface area contributed by atoms with E-state index in [1.807, 2.05) is 20.8 Å². The van der Waals surface area contributed by atoms with Gasteiger partial charge in [-0.3, -0.25) is 24.6 Å². The van der Waals surface area contributed by atoms with Gasteiger partial charge in [0.25, 0.3) is 5.69 Å². The van der Waals surface area contributed by atoms with E-state index in [-0.39, 0.29) is 58.3 Å². The molecule has 2 aromatic rings. The summed E-state index contributed by atoms with van der Waals surface area (Å²) in [5.41, 5.74) is -0.953. The van der Waals surface area contributed by atoms with Gasteiger partial charge >= 0.3 is 12.1 Å². The first-order chi connectivity index (χ1) is 19.4. The van der Waals surface area contributed by atoms with Crippen LogP contribution >= 0.6 is 24.0 Å². The van der Waals surface area contributed by atoms with Crippen molar-refractivity contribution >= 4 is 57.7 Å². The van der Waals surface area contributed by atoms with Crippen molar-refractivity contribution in [2.24, 2.45) is 5.92 Å². The Bertz CT molecular complexity index is 1340. The van der Waals surface area contributed by atoms with Crippen LogP contribution in [0.3, 0.4) is 0 Å². The highest BCUT2D eigenvalue weighted by atomic mass is 32.1. The van der Waals surface area contributed by atoms with E-state index in [4.69, 9.17) is 14.2 Å². The maximum atomic E-state index is 13.6. The number of ether oxygens (including phenoxy) is 3. The van der Waals surface area contributed by atoms with Crippen LogP contribution in [0.4, 0.5) is 15.5 Å². The first-order valence-electron chi connectivity index (χ1n) is 13.2. The van der Waals surface area contributed by atoms with Gasteiger partial charge in [-0.05, 0) is 71.6 Å². The molecule has 0 saturated carbocycles. The zero-order chi connectivity index (χ0) is 31.4. The number of rotatable bonds is 9. The van der Waals surface area contributed by atoms with Gasteiger partial charge in [-0.2, -0.15) is 0 Å². The van der Waals surface area contributed by atoms with Gasteiger partial charge in [0, 0.05) is 31.2 Å². The molecule has 42 heavy (non-hydrogen) atoms. The normalized spacial score (nSPS) is 17.0. The van der Waals surface area contributed by atoms with Gasteiger partial charge in [0.05, 0.1) is 4.92 Å². The number of nitrogens with zero attached hydrogens (tertiary/aromatic N) is 2. The van der Waals surface area contributed by atoms with E-state index in [0.717, 1.165) is 11.3 Å². The fourth-order valence-electron chi connectivity index (χ4n) is 4.20. The van der Waals surface area contributed by atoms with Crippen LogP contribution in [0.15, 0.2) is 30.3 Å². The highest BCUT2D eigenvalue weighted by molar-refractivity contribution is 7.96. The minimum atomic E-state index is -0.985. The van der Waals surface area contributed by atoms with Crippen molar-refractivity contribution < 1.29 is 38.3 Å². The van der Waals surface area contributed by atoms with Crippen LogP contribution in [0, 0.1) is 16.0 Å². The summed E-state index contributed by atoms with van der Waals surface area (Å²) >= 11 is 4.84. The molecule has 1 aliphatic rings. The zero-order valence-corrected chi connectivity index (χ0v) is 26.0. The topological polar surface area (TPSA) is 154 Å². The molecule has 1 N–H and O–H groups in total. The predicted molar refractivity (Wildman–Crippen MR) is 159 cm³/mol. The van der Waals surface area contributed by atoms with Crippen LogP contribution in [0.5, 0.6) is 5.75 Å². The Hall–Kier alpha value is -3.65.